The predicted molar refractivity (Wildman–Crippen MR) is 148 cm³/mol. The summed E-state index contributed by atoms with van der Waals surface area (Å²) >= 11 is 0. The Labute approximate surface area is 220 Å². The summed E-state index contributed by atoms with van der Waals surface area (Å²) in [7, 11) is 0. The lowest BCUT2D eigenvalue weighted by molar-refractivity contribution is -0.122. The van der Waals surface area contributed by atoms with E-state index >= 15 is 0 Å². The lowest BCUT2D eigenvalue weighted by Crippen LogP contribution is -2.42. The van der Waals surface area contributed by atoms with Gasteiger partial charge in [-0.1, -0.05) is 36.4 Å². The number of amides is 1. The highest BCUT2D eigenvalue weighted by Crippen LogP contribution is 2.25. The van der Waals surface area contributed by atoms with Crippen molar-refractivity contribution in [3.8, 4) is 0 Å². The van der Waals surface area contributed by atoms with Gasteiger partial charge in [-0.25, -0.2) is 9.98 Å². The van der Waals surface area contributed by atoms with Crippen LogP contribution >= 0.6 is 24.0 Å². The number of carbonyl (C=O) groups is 1. The van der Waals surface area contributed by atoms with Gasteiger partial charge in [-0.05, 0) is 50.2 Å². The molecular weight excluding hydrogens is 539 g/mol. The molecule has 2 aromatic rings. The van der Waals surface area contributed by atoms with Gasteiger partial charge in [-0.15, -0.1) is 24.0 Å². The number of anilines is 1. The van der Waals surface area contributed by atoms with Gasteiger partial charge in [0.25, 0.3) is 0 Å². The first-order valence-electron chi connectivity index (χ1n) is 12.2. The van der Waals surface area contributed by atoms with Crippen molar-refractivity contribution in [3.05, 3.63) is 59.8 Å². The van der Waals surface area contributed by atoms with Crippen LogP contribution in [-0.4, -0.2) is 54.5 Å². The maximum atomic E-state index is 11.7. The number of rotatable bonds is 7. The van der Waals surface area contributed by atoms with E-state index in [0.717, 1.165) is 62.8 Å². The molecule has 2 aliphatic rings. The van der Waals surface area contributed by atoms with Gasteiger partial charge in [-0.3, -0.25) is 4.79 Å². The highest BCUT2D eigenvalue weighted by molar-refractivity contribution is 14.0. The largest absolute Gasteiger partial charge is 0.369 e. The van der Waals surface area contributed by atoms with E-state index in [0.29, 0.717) is 19.0 Å². The summed E-state index contributed by atoms with van der Waals surface area (Å²) in [4.78, 5) is 26.0. The maximum absolute atomic E-state index is 11.7. The number of hydrogen-bond donors (Lipinski definition) is 2. The van der Waals surface area contributed by atoms with E-state index in [1.54, 1.807) is 0 Å². The quantitative estimate of drug-likeness (QED) is 0.300. The zero-order chi connectivity index (χ0) is 23.0. The van der Waals surface area contributed by atoms with Crippen molar-refractivity contribution in [2.45, 2.75) is 39.2 Å². The topological polar surface area (TPSA) is 86.9 Å². The fourth-order valence-electron chi connectivity index (χ4n) is 4.97. The molecule has 2 atom stereocenters. The molecule has 8 heteroatoms. The van der Waals surface area contributed by atoms with Crippen LogP contribution in [0.4, 0.5) is 5.82 Å². The van der Waals surface area contributed by atoms with E-state index in [9.17, 15) is 4.79 Å². The number of benzene rings is 1. The number of pyridine rings is 1. The number of nitrogens with zero attached hydrogens (tertiary/aromatic N) is 4. The van der Waals surface area contributed by atoms with Crippen molar-refractivity contribution in [1.82, 2.24) is 15.2 Å². The van der Waals surface area contributed by atoms with Crippen molar-refractivity contribution < 1.29 is 4.79 Å². The van der Waals surface area contributed by atoms with Crippen LogP contribution in [0.15, 0.2) is 53.7 Å². The minimum atomic E-state index is -0.219. The summed E-state index contributed by atoms with van der Waals surface area (Å²) in [6, 6.07) is 14.8. The summed E-state index contributed by atoms with van der Waals surface area (Å²) in [5.74, 6) is 2.21. The number of nitrogens with one attached hydrogen (secondary N) is 1. The molecule has 34 heavy (non-hydrogen) atoms. The smallest absolute Gasteiger partial charge is 0.222 e. The second-order valence-corrected chi connectivity index (χ2v) is 9.13. The number of halogens is 1. The van der Waals surface area contributed by atoms with E-state index in [4.69, 9.17) is 10.7 Å². The summed E-state index contributed by atoms with van der Waals surface area (Å²) < 4.78 is 0. The lowest BCUT2D eigenvalue weighted by atomic mass is 9.97. The van der Waals surface area contributed by atoms with Crippen molar-refractivity contribution in [3.63, 3.8) is 0 Å². The monoisotopic (exact) mass is 576 g/mol. The number of aliphatic imine (C=N–C) groups is 1. The van der Waals surface area contributed by atoms with E-state index in [-0.39, 0.29) is 35.8 Å². The Hall–Kier alpha value is -2.36. The number of carbonyl (C=O) groups excluding carboxylic acids is 1. The maximum Gasteiger partial charge on any atom is 0.222 e. The number of hydrogen-bond acceptors (Lipinski definition) is 4. The summed E-state index contributed by atoms with van der Waals surface area (Å²) in [5.41, 5.74) is 8.07. The molecule has 4 rings (SSSR count). The lowest BCUT2D eigenvalue weighted by Gasteiger charge is -2.33. The Bertz CT molecular complexity index is 953. The first-order valence-corrected chi connectivity index (χ1v) is 12.2. The molecule has 0 aliphatic carbocycles. The van der Waals surface area contributed by atoms with Crippen molar-refractivity contribution in [2.75, 3.05) is 37.6 Å². The van der Waals surface area contributed by atoms with E-state index < -0.39 is 0 Å². The minimum Gasteiger partial charge on any atom is -0.369 e. The standard InChI is InChI=1S/C26H36N6O.HI/c1-2-28-26(32-15-12-21(18-32)16-20-8-4-3-5-9-20)30-17-22-10-6-13-29-25(22)31-14-7-11-23(19-31)24(27)33;/h3-6,8-10,13,21,23H,2,7,11-12,14-19H2,1H3,(H2,27,33)(H,28,30);1H. The molecule has 0 bridgehead atoms. The Balaban J connectivity index is 0.00000324. The average Bonchev–Trinajstić information content (AvgIpc) is 3.31. The molecule has 2 aliphatic heterocycles. The highest BCUT2D eigenvalue weighted by atomic mass is 127. The molecule has 3 heterocycles. The molecule has 2 saturated heterocycles. The van der Waals surface area contributed by atoms with Gasteiger partial charge in [0, 0.05) is 44.5 Å². The number of primary amides is 1. The second kappa shape index (κ2) is 12.9. The first-order chi connectivity index (χ1) is 16.1. The van der Waals surface area contributed by atoms with E-state index in [1.165, 1.54) is 12.0 Å². The molecular formula is C26H37IN6O. The van der Waals surface area contributed by atoms with Gasteiger partial charge >= 0.3 is 0 Å². The van der Waals surface area contributed by atoms with Crippen molar-refractivity contribution >= 4 is 41.7 Å². The number of guanidine groups is 1. The first kappa shape index (κ1) is 26.2. The molecule has 7 nitrogen and oxygen atoms in total. The zero-order valence-electron chi connectivity index (χ0n) is 20.0. The highest BCUT2D eigenvalue weighted by Gasteiger charge is 2.27. The Morgan fingerprint density at radius 1 is 1.15 bits per heavy atom. The van der Waals surface area contributed by atoms with Gasteiger partial charge in [0.15, 0.2) is 5.96 Å². The molecule has 3 N–H and O–H groups in total. The molecule has 0 spiro atoms. The van der Waals surface area contributed by atoms with Crippen molar-refractivity contribution in [1.29, 1.82) is 0 Å². The van der Waals surface area contributed by atoms with Crippen LogP contribution in [0.3, 0.4) is 0 Å². The third-order valence-electron chi connectivity index (χ3n) is 6.68. The SMILES string of the molecule is CCNC(=NCc1cccnc1N1CCCC(C(N)=O)C1)N1CCC(Cc2ccccc2)C1.I. The number of piperidine rings is 1. The molecule has 2 fully saturated rings. The molecule has 1 amide bonds. The second-order valence-electron chi connectivity index (χ2n) is 9.13. The fraction of sp³-hybridized carbons (Fsp3) is 0.500. The van der Waals surface area contributed by atoms with Gasteiger partial charge in [-0.2, -0.15) is 0 Å². The number of aromatic nitrogens is 1. The molecule has 0 saturated carbocycles. The summed E-state index contributed by atoms with van der Waals surface area (Å²) in [6.45, 7) is 7.08. The molecule has 0 radical (unpaired) electrons. The van der Waals surface area contributed by atoms with Crippen LogP contribution < -0.4 is 16.0 Å². The predicted octanol–water partition coefficient (Wildman–Crippen LogP) is 3.43. The minimum absolute atomic E-state index is 0. The van der Waals surface area contributed by atoms with Crippen LogP contribution in [0.1, 0.15) is 37.3 Å². The van der Waals surface area contributed by atoms with Gasteiger partial charge in [0.2, 0.25) is 5.91 Å². The van der Waals surface area contributed by atoms with Gasteiger partial charge < -0.3 is 20.9 Å². The normalized spacial score (nSPS) is 20.7. The summed E-state index contributed by atoms with van der Waals surface area (Å²) in [5, 5.41) is 3.48. The van der Waals surface area contributed by atoms with E-state index in [1.807, 2.05) is 12.3 Å². The van der Waals surface area contributed by atoms with Gasteiger partial charge in [0.1, 0.15) is 5.82 Å². The van der Waals surface area contributed by atoms with Crippen molar-refractivity contribution in [2.24, 2.45) is 22.6 Å². The van der Waals surface area contributed by atoms with E-state index in [2.05, 4.69) is 63.4 Å². The van der Waals surface area contributed by atoms with Crippen LogP contribution in [0.5, 0.6) is 0 Å². The molecule has 1 aromatic carbocycles. The number of likely N-dealkylation sites (tertiary alicyclic amines) is 1. The third-order valence-corrected chi connectivity index (χ3v) is 6.68. The third kappa shape index (κ3) is 6.84. The average molecular weight is 577 g/mol. The van der Waals surface area contributed by atoms with Crippen LogP contribution in [0, 0.1) is 11.8 Å². The van der Waals surface area contributed by atoms with Crippen LogP contribution in [-0.2, 0) is 17.8 Å². The fourth-order valence-corrected chi connectivity index (χ4v) is 4.97. The number of nitrogens with two attached hydrogens (primary N) is 1. The van der Waals surface area contributed by atoms with Crippen LogP contribution in [0.25, 0.3) is 0 Å². The summed E-state index contributed by atoms with van der Waals surface area (Å²) in [6.07, 6.45) is 5.91. The Morgan fingerprint density at radius 2 is 1.97 bits per heavy atom. The van der Waals surface area contributed by atoms with Crippen LogP contribution in [0.2, 0.25) is 0 Å². The molecule has 1 aromatic heterocycles. The molecule has 184 valence electrons. The zero-order valence-corrected chi connectivity index (χ0v) is 22.4. The Morgan fingerprint density at radius 3 is 2.74 bits per heavy atom. The Kier molecular flexibility index (Phi) is 9.98. The molecule has 2 unspecified atom stereocenters. The van der Waals surface area contributed by atoms with Gasteiger partial charge in [0.05, 0.1) is 12.5 Å².